The van der Waals surface area contributed by atoms with Crippen molar-refractivity contribution < 1.29 is 4.42 Å². The predicted octanol–water partition coefficient (Wildman–Crippen LogP) is 3.83. The summed E-state index contributed by atoms with van der Waals surface area (Å²) >= 11 is 4.35. The van der Waals surface area contributed by atoms with Gasteiger partial charge in [-0.2, -0.15) is 0 Å². The normalized spacial score (nSPS) is 11.7. The van der Waals surface area contributed by atoms with Crippen molar-refractivity contribution in [3.8, 4) is 0 Å². The van der Waals surface area contributed by atoms with Gasteiger partial charge in [-0.25, -0.2) is 0 Å². The van der Waals surface area contributed by atoms with Crippen molar-refractivity contribution in [3.63, 3.8) is 0 Å². The minimum atomic E-state index is 0.729. The maximum absolute atomic E-state index is 5.64. The fourth-order valence-electron chi connectivity index (χ4n) is 2.14. The molecule has 98 valence electrons. The number of rotatable bonds is 4. The number of fused-ring (bicyclic) bond motifs is 1. The van der Waals surface area contributed by atoms with Crippen LogP contribution in [0.5, 0.6) is 0 Å². The molecule has 2 nitrogen and oxygen atoms in total. The maximum atomic E-state index is 5.64. The molecule has 3 heteroatoms. The zero-order chi connectivity index (χ0) is 13.3. The summed E-state index contributed by atoms with van der Waals surface area (Å²) in [5.41, 5.74) is 4.79. The topological polar surface area (TPSA) is 16.4 Å². The number of aryl methyl sites for hydroxylation is 2. The average Bonchev–Trinajstić information content (AvgIpc) is 2.61. The number of benzene rings is 1. The SMILES string of the molecule is CCN(C)CCc1cc2c(C)c(S)oc2cc1C. The summed E-state index contributed by atoms with van der Waals surface area (Å²) in [5.74, 6) is 0. The first-order valence-corrected chi connectivity index (χ1v) is 6.87. The fraction of sp³-hybridized carbons (Fsp3) is 0.467. The number of hydrogen-bond donors (Lipinski definition) is 1. The van der Waals surface area contributed by atoms with Crippen LogP contribution in [0.25, 0.3) is 11.0 Å². The van der Waals surface area contributed by atoms with E-state index in [1.54, 1.807) is 0 Å². The molecule has 2 aromatic rings. The van der Waals surface area contributed by atoms with Crippen LogP contribution < -0.4 is 0 Å². The molecule has 0 aliphatic heterocycles. The van der Waals surface area contributed by atoms with E-state index in [9.17, 15) is 0 Å². The molecule has 0 unspecified atom stereocenters. The highest BCUT2D eigenvalue weighted by Gasteiger charge is 2.10. The van der Waals surface area contributed by atoms with E-state index in [0.717, 1.165) is 35.7 Å². The first-order chi connectivity index (χ1) is 8.52. The standard InChI is InChI=1S/C15H21NOS/c1-5-16(4)7-6-12-9-13-11(3)15(18)17-14(13)8-10(12)2/h8-9,18H,5-7H2,1-4H3. The smallest absolute Gasteiger partial charge is 0.161 e. The third-order valence-corrected chi connectivity index (χ3v) is 4.10. The minimum absolute atomic E-state index is 0.729. The van der Waals surface area contributed by atoms with Gasteiger partial charge in [0.15, 0.2) is 5.09 Å². The molecule has 0 spiro atoms. The Morgan fingerprint density at radius 2 is 2.00 bits per heavy atom. The number of furan rings is 1. The van der Waals surface area contributed by atoms with E-state index >= 15 is 0 Å². The Balaban J connectivity index is 2.33. The van der Waals surface area contributed by atoms with Crippen LogP contribution in [0.4, 0.5) is 0 Å². The fourth-order valence-corrected chi connectivity index (χ4v) is 2.36. The van der Waals surface area contributed by atoms with Crippen LogP contribution in [0.15, 0.2) is 21.6 Å². The summed E-state index contributed by atoms with van der Waals surface area (Å²) in [6.07, 6.45) is 1.08. The monoisotopic (exact) mass is 263 g/mol. The van der Waals surface area contributed by atoms with Gasteiger partial charge in [-0.1, -0.05) is 6.92 Å². The van der Waals surface area contributed by atoms with Crippen LogP contribution in [0, 0.1) is 13.8 Å². The van der Waals surface area contributed by atoms with E-state index in [2.05, 4.69) is 57.5 Å². The molecule has 0 N–H and O–H groups in total. The van der Waals surface area contributed by atoms with E-state index in [0.29, 0.717) is 0 Å². The first-order valence-electron chi connectivity index (χ1n) is 6.43. The van der Waals surface area contributed by atoms with E-state index in [1.165, 1.54) is 16.5 Å². The molecule has 18 heavy (non-hydrogen) atoms. The summed E-state index contributed by atoms with van der Waals surface area (Å²) in [6.45, 7) is 8.58. The first kappa shape index (κ1) is 13.5. The highest BCUT2D eigenvalue weighted by Crippen LogP contribution is 2.30. The molecule has 2 rings (SSSR count). The second kappa shape index (κ2) is 5.37. The van der Waals surface area contributed by atoms with Crippen LogP contribution >= 0.6 is 12.6 Å². The predicted molar refractivity (Wildman–Crippen MR) is 79.8 cm³/mol. The second-order valence-corrected chi connectivity index (χ2v) is 5.36. The van der Waals surface area contributed by atoms with E-state index in [-0.39, 0.29) is 0 Å². The second-order valence-electron chi connectivity index (χ2n) is 4.95. The average molecular weight is 263 g/mol. The Labute approximate surface area is 114 Å². The summed E-state index contributed by atoms with van der Waals surface area (Å²) in [5, 5.41) is 1.92. The highest BCUT2D eigenvalue weighted by molar-refractivity contribution is 7.80. The molecule has 0 atom stereocenters. The lowest BCUT2D eigenvalue weighted by atomic mass is 10.0. The molecule has 0 aliphatic carbocycles. The van der Waals surface area contributed by atoms with E-state index in [1.807, 2.05) is 0 Å². The molecule has 0 fully saturated rings. The molecule has 0 radical (unpaired) electrons. The Morgan fingerprint density at radius 3 is 2.67 bits per heavy atom. The van der Waals surface area contributed by atoms with Gasteiger partial charge in [0.05, 0.1) is 0 Å². The van der Waals surface area contributed by atoms with Gasteiger partial charge < -0.3 is 9.32 Å². The zero-order valence-corrected chi connectivity index (χ0v) is 12.5. The Morgan fingerprint density at radius 1 is 1.28 bits per heavy atom. The number of thiol groups is 1. The van der Waals surface area contributed by atoms with Gasteiger partial charge in [0.25, 0.3) is 0 Å². The lowest BCUT2D eigenvalue weighted by Crippen LogP contribution is -2.20. The largest absolute Gasteiger partial charge is 0.450 e. The highest BCUT2D eigenvalue weighted by atomic mass is 32.1. The molecule has 0 amide bonds. The van der Waals surface area contributed by atoms with Crippen LogP contribution in [-0.2, 0) is 6.42 Å². The van der Waals surface area contributed by atoms with Gasteiger partial charge in [0, 0.05) is 17.5 Å². The molecule has 1 heterocycles. The number of nitrogens with zero attached hydrogens (tertiary/aromatic N) is 1. The van der Waals surface area contributed by atoms with Crippen LogP contribution in [0.2, 0.25) is 0 Å². The molecule has 0 aliphatic rings. The van der Waals surface area contributed by atoms with Crippen molar-refractivity contribution in [3.05, 3.63) is 28.8 Å². The third kappa shape index (κ3) is 2.57. The summed E-state index contributed by atoms with van der Waals surface area (Å²) in [4.78, 5) is 2.33. The van der Waals surface area contributed by atoms with E-state index in [4.69, 9.17) is 4.42 Å². The molecule has 0 saturated heterocycles. The van der Waals surface area contributed by atoms with Gasteiger partial charge >= 0.3 is 0 Å². The molecule has 1 aromatic carbocycles. The zero-order valence-electron chi connectivity index (χ0n) is 11.6. The lowest BCUT2D eigenvalue weighted by Gasteiger charge is -2.14. The maximum Gasteiger partial charge on any atom is 0.161 e. The third-order valence-electron chi connectivity index (χ3n) is 3.67. The Hall–Kier alpha value is -0.930. The summed E-state index contributed by atoms with van der Waals surface area (Å²) < 4.78 is 5.64. The quantitative estimate of drug-likeness (QED) is 0.844. The Kier molecular flexibility index (Phi) is 4.03. The minimum Gasteiger partial charge on any atom is -0.450 e. The van der Waals surface area contributed by atoms with Gasteiger partial charge in [0.2, 0.25) is 0 Å². The van der Waals surface area contributed by atoms with Gasteiger partial charge in [-0.3, -0.25) is 0 Å². The molecular weight excluding hydrogens is 242 g/mol. The molecular formula is C15H21NOS. The van der Waals surface area contributed by atoms with Crippen molar-refractivity contribution in [2.24, 2.45) is 0 Å². The Bertz CT molecular complexity index is 559. The van der Waals surface area contributed by atoms with Crippen molar-refractivity contribution in [2.75, 3.05) is 20.1 Å². The number of hydrogen-bond acceptors (Lipinski definition) is 3. The van der Waals surface area contributed by atoms with Crippen molar-refractivity contribution in [1.82, 2.24) is 4.90 Å². The number of likely N-dealkylation sites (N-methyl/N-ethyl adjacent to an activating group) is 1. The van der Waals surface area contributed by atoms with Gasteiger partial charge in [0.1, 0.15) is 5.58 Å². The van der Waals surface area contributed by atoms with Crippen LogP contribution in [0.1, 0.15) is 23.6 Å². The summed E-state index contributed by atoms with van der Waals surface area (Å²) in [7, 11) is 2.16. The molecule has 1 aromatic heterocycles. The van der Waals surface area contributed by atoms with Crippen molar-refractivity contribution in [1.29, 1.82) is 0 Å². The molecule has 0 bridgehead atoms. The van der Waals surface area contributed by atoms with Crippen molar-refractivity contribution >= 4 is 23.6 Å². The van der Waals surface area contributed by atoms with Crippen LogP contribution in [-0.4, -0.2) is 25.0 Å². The van der Waals surface area contributed by atoms with Crippen molar-refractivity contribution in [2.45, 2.75) is 32.3 Å². The van der Waals surface area contributed by atoms with Gasteiger partial charge in [-0.05, 0) is 57.1 Å². The lowest BCUT2D eigenvalue weighted by molar-refractivity contribution is 0.357. The molecule has 0 saturated carbocycles. The van der Waals surface area contributed by atoms with E-state index < -0.39 is 0 Å². The summed E-state index contributed by atoms with van der Waals surface area (Å²) in [6, 6.07) is 4.38. The van der Waals surface area contributed by atoms with Gasteiger partial charge in [-0.15, -0.1) is 12.6 Å². The van der Waals surface area contributed by atoms with Crippen LogP contribution in [0.3, 0.4) is 0 Å².